The highest BCUT2D eigenvalue weighted by atomic mass is 32.1. The second-order valence-electron chi connectivity index (χ2n) is 4.13. The first kappa shape index (κ1) is 13.6. The highest BCUT2D eigenvalue weighted by Crippen LogP contribution is 2.23. The largest absolute Gasteiger partial charge is 0.374 e. The van der Waals surface area contributed by atoms with Crippen LogP contribution in [0.1, 0.15) is 50.4 Å². The highest BCUT2D eigenvalue weighted by Gasteiger charge is 2.16. The maximum Gasteiger partial charge on any atom is 0.119 e. The number of thiazole rings is 1. The Bertz CT molecular complexity index is 301. The van der Waals surface area contributed by atoms with Gasteiger partial charge < -0.3 is 10.5 Å². The van der Waals surface area contributed by atoms with Gasteiger partial charge in [0, 0.05) is 12.0 Å². The highest BCUT2D eigenvalue weighted by molar-refractivity contribution is 7.09. The maximum atomic E-state index is 6.12. The van der Waals surface area contributed by atoms with Crippen molar-refractivity contribution < 1.29 is 4.74 Å². The molecule has 2 atom stereocenters. The lowest BCUT2D eigenvalue weighted by Crippen LogP contribution is -2.18. The lowest BCUT2D eigenvalue weighted by Gasteiger charge is -2.15. The van der Waals surface area contributed by atoms with E-state index in [1.807, 2.05) is 0 Å². The van der Waals surface area contributed by atoms with E-state index >= 15 is 0 Å². The van der Waals surface area contributed by atoms with E-state index in [0.29, 0.717) is 12.5 Å². The van der Waals surface area contributed by atoms with Gasteiger partial charge in [-0.2, -0.15) is 0 Å². The summed E-state index contributed by atoms with van der Waals surface area (Å²) in [6, 6.07) is 0.0566. The molecule has 0 saturated heterocycles. The first-order chi connectivity index (χ1) is 7.69. The molecule has 1 aromatic rings. The van der Waals surface area contributed by atoms with Crippen molar-refractivity contribution >= 4 is 11.3 Å². The number of nitrogens with two attached hydrogens (primary N) is 1. The normalized spacial score (nSPS) is 15.0. The van der Waals surface area contributed by atoms with Crippen LogP contribution < -0.4 is 5.73 Å². The number of aromatic nitrogens is 1. The standard InChI is InChI=1S/C12H22N2OS/c1-4-6-15-7-11-14-10(8-16-11)12(13)9(3)5-2/h8-9,12H,4-7,13H2,1-3H3. The van der Waals surface area contributed by atoms with Crippen molar-refractivity contribution in [2.75, 3.05) is 6.61 Å². The van der Waals surface area contributed by atoms with Gasteiger partial charge in [-0.1, -0.05) is 27.2 Å². The average molecular weight is 242 g/mol. The maximum absolute atomic E-state index is 6.12. The molecule has 16 heavy (non-hydrogen) atoms. The van der Waals surface area contributed by atoms with Gasteiger partial charge in [0.1, 0.15) is 5.01 Å². The molecule has 1 aromatic heterocycles. The van der Waals surface area contributed by atoms with E-state index in [1.54, 1.807) is 11.3 Å². The molecule has 0 aliphatic carbocycles. The van der Waals surface area contributed by atoms with Crippen LogP contribution in [0.15, 0.2) is 5.38 Å². The summed E-state index contributed by atoms with van der Waals surface area (Å²) < 4.78 is 5.46. The van der Waals surface area contributed by atoms with Crippen molar-refractivity contribution in [3.05, 3.63) is 16.1 Å². The number of hydrogen-bond acceptors (Lipinski definition) is 4. The summed E-state index contributed by atoms with van der Waals surface area (Å²) >= 11 is 1.64. The van der Waals surface area contributed by atoms with Gasteiger partial charge in [-0.3, -0.25) is 0 Å². The van der Waals surface area contributed by atoms with E-state index in [-0.39, 0.29) is 6.04 Å². The van der Waals surface area contributed by atoms with Crippen LogP contribution in [0.3, 0.4) is 0 Å². The third-order valence-corrected chi connectivity index (χ3v) is 3.58. The third kappa shape index (κ3) is 3.85. The Hall–Kier alpha value is -0.450. The Morgan fingerprint density at radius 1 is 1.50 bits per heavy atom. The monoisotopic (exact) mass is 242 g/mol. The molecule has 0 aliphatic heterocycles. The first-order valence-electron chi connectivity index (χ1n) is 5.96. The van der Waals surface area contributed by atoms with E-state index in [0.717, 1.165) is 30.2 Å². The molecule has 0 bridgehead atoms. The summed E-state index contributed by atoms with van der Waals surface area (Å²) in [5.41, 5.74) is 7.13. The van der Waals surface area contributed by atoms with Crippen molar-refractivity contribution in [3.8, 4) is 0 Å². The van der Waals surface area contributed by atoms with Crippen LogP contribution in [0.25, 0.3) is 0 Å². The quantitative estimate of drug-likeness (QED) is 0.747. The van der Waals surface area contributed by atoms with Gasteiger partial charge in [-0.05, 0) is 12.3 Å². The molecule has 3 nitrogen and oxygen atoms in total. The van der Waals surface area contributed by atoms with Gasteiger partial charge in [-0.15, -0.1) is 11.3 Å². The molecule has 0 aliphatic rings. The van der Waals surface area contributed by atoms with Gasteiger partial charge in [0.15, 0.2) is 0 Å². The van der Waals surface area contributed by atoms with Crippen LogP contribution in [0.2, 0.25) is 0 Å². The molecule has 2 unspecified atom stereocenters. The SMILES string of the molecule is CCCOCc1nc(C(N)C(C)CC)cs1. The smallest absolute Gasteiger partial charge is 0.119 e. The van der Waals surface area contributed by atoms with Gasteiger partial charge in [0.25, 0.3) is 0 Å². The Morgan fingerprint density at radius 2 is 2.25 bits per heavy atom. The third-order valence-electron chi connectivity index (χ3n) is 2.74. The second-order valence-corrected chi connectivity index (χ2v) is 5.07. The van der Waals surface area contributed by atoms with Crippen LogP contribution in [-0.2, 0) is 11.3 Å². The van der Waals surface area contributed by atoms with Gasteiger partial charge in [-0.25, -0.2) is 4.98 Å². The van der Waals surface area contributed by atoms with Crippen molar-refractivity contribution in [3.63, 3.8) is 0 Å². The molecule has 1 rings (SSSR count). The zero-order valence-corrected chi connectivity index (χ0v) is 11.2. The lowest BCUT2D eigenvalue weighted by molar-refractivity contribution is 0.121. The number of hydrogen-bond donors (Lipinski definition) is 1. The Kier molecular flexibility index (Phi) is 5.95. The molecule has 0 amide bonds. The fourth-order valence-corrected chi connectivity index (χ4v) is 2.17. The summed E-state index contributed by atoms with van der Waals surface area (Å²) in [7, 11) is 0. The molecular formula is C12H22N2OS. The molecule has 0 fully saturated rings. The fraction of sp³-hybridized carbons (Fsp3) is 0.750. The first-order valence-corrected chi connectivity index (χ1v) is 6.84. The van der Waals surface area contributed by atoms with Crippen LogP contribution in [0, 0.1) is 5.92 Å². The van der Waals surface area contributed by atoms with Crippen LogP contribution in [0.4, 0.5) is 0 Å². The molecule has 2 N–H and O–H groups in total. The molecule has 0 radical (unpaired) electrons. The average Bonchev–Trinajstić information content (AvgIpc) is 2.76. The molecule has 0 saturated carbocycles. The summed E-state index contributed by atoms with van der Waals surface area (Å²) in [6.45, 7) is 7.84. The van der Waals surface area contributed by atoms with E-state index in [4.69, 9.17) is 10.5 Å². The lowest BCUT2D eigenvalue weighted by atomic mass is 9.98. The fourth-order valence-electron chi connectivity index (χ4n) is 1.39. The zero-order chi connectivity index (χ0) is 12.0. The predicted molar refractivity (Wildman–Crippen MR) is 68.4 cm³/mol. The number of ether oxygens (including phenoxy) is 1. The molecule has 4 heteroatoms. The molecule has 0 aromatic carbocycles. The number of nitrogens with zero attached hydrogens (tertiary/aromatic N) is 1. The van der Waals surface area contributed by atoms with Crippen LogP contribution in [-0.4, -0.2) is 11.6 Å². The second kappa shape index (κ2) is 6.99. The predicted octanol–water partition coefficient (Wildman–Crippen LogP) is 3.12. The minimum absolute atomic E-state index is 0.0566. The summed E-state index contributed by atoms with van der Waals surface area (Å²) in [5.74, 6) is 0.478. The Balaban J connectivity index is 2.50. The summed E-state index contributed by atoms with van der Waals surface area (Å²) in [6.07, 6.45) is 2.13. The number of rotatable bonds is 7. The van der Waals surface area contributed by atoms with Gasteiger partial charge in [0.2, 0.25) is 0 Å². The van der Waals surface area contributed by atoms with E-state index in [1.165, 1.54) is 0 Å². The molecule has 92 valence electrons. The van der Waals surface area contributed by atoms with Gasteiger partial charge >= 0.3 is 0 Å². The van der Waals surface area contributed by atoms with Crippen molar-refractivity contribution in [2.24, 2.45) is 11.7 Å². The van der Waals surface area contributed by atoms with Gasteiger partial charge in [0.05, 0.1) is 18.3 Å². The summed E-state index contributed by atoms with van der Waals surface area (Å²) in [5, 5.41) is 3.09. The minimum Gasteiger partial charge on any atom is -0.374 e. The van der Waals surface area contributed by atoms with E-state index in [2.05, 4.69) is 31.1 Å². The Morgan fingerprint density at radius 3 is 2.88 bits per heavy atom. The Labute approximate surface area is 102 Å². The summed E-state index contributed by atoms with van der Waals surface area (Å²) in [4.78, 5) is 4.52. The minimum atomic E-state index is 0.0566. The van der Waals surface area contributed by atoms with Crippen LogP contribution in [0.5, 0.6) is 0 Å². The van der Waals surface area contributed by atoms with Crippen molar-refractivity contribution in [1.29, 1.82) is 0 Å². The molecular weight excluding hydrogens is 220 g/mol. The topological polar surface area (TPSA) is 48.1 Å². The van der Waals surface area contributed by atoms with E-state index < -0.39 is 0 Å². The van der Waals surface area contributed by atoms with Crippen molar-refractivity contribution in [2.45, 2.75) is 46.3 Å². The molecule has 1 heterocycles. The van der Waals surface area contributed by atoms with Crippen molar-refractivity contribution in [1.82, 2.24) is 4.98 Å². The van der Waals surface area contributed by atoms with E-state index in [9.17, 15) is 0 Å². The zero-order valence-electron chi connectivity index (χ0n) is 10.4. The van der Waals surface area contributed by atoms with Crippen LogP contribution >= 0.6 is 11.3 Å². The molecule has 0 spiro atoms.